The maximum Gasteiger partial charge on any atom is 0.223 e. The normalized spacial score (nSPS) is 22.4. The Bertz CT molecular complexity index is 419. The summed E-state index contributed by atoms with van der Waals surface area (Å²) in [6.45, 7) is 0. The Morgan fingerprint density at radius 1 is 1.47 bits per heavy atom. The third-order valence-corrected chi connectivity index (χ3v) is 1.79. The molecule has 2 aliphatic heterocycles. The van der Waals surface area contributed by atoms with E-state index in [1.807, 2.05) is 0 Å². The monoisotopic (exact) mass is 224 g/mol. The molecule has 1 atom stereocenters. The molecule has 0 fully saturated rings. The number of hydrogen-bond donors (Lipinski definition) is 4. The molecule has 2 heterocycles. The molecule has 0 aromatic heterocycles. The van der Waals surface area contributed by atoms with Crippen LogP contribution in [0.1, 0.15) is 0 Å². The van der Waals surface area contributed by atoms with Crippen LogP contribution in [0.3, 0.4) is 0 Å². The minimum Gasteiger partial charge on any atom is -0.375 e. The number of thiocarbonyl (C=S) groups is 1. The van der Waals surface area contributed by atoms with Gasteiger partial charge in [0.2, 0.25) is 5.96 Å². The molecule has 9 heteroatoms. The van der Waals surface area contributed by atoms with E-state index in [4.69, 9.17) is 11.5 Å². The lowest BCUT2D eigenvalue weighted by Gasteiger charge is -2.17. The highest BCUT2D eigenvalue weighted by Gasteiger charge is 2.28. The largest absolute Gasteiger partial charge is 0.375 e. The summed E-state index contributed by atoms with van der Waals surface area (Å²) < 4.78 is 0. The molecule has 0 saturated heterocycles. The van der Waals surface area contributed by atoms with Crippen molar-refractivity contribution in [2.75, 3.05) is 0 Å². The first kappa shape index (κ1) is 9.52. The highest BCUT2D eigenvalue weighted by Crippen LogP contribution is 2.08. The van der Waals surface area contributed by atoms with Gasteiger partial charge < -0.3 is 11.5 Å². The molecule has 0 aliphatic carbocycles. The van der Waals surface area contributed by atoms with Crippen molar-refractivity contribution in [3.05, 3.63) is 0 Å². The van der Waals surface area contributed by atoms with Gasteiger partial charge in [0.25, 0.3) is 0 Å². The van der Waals surface area contributed by atoms with E-state index < -0.39 is 0 Å². The van der Waals surface area contributed by atoms with Gasteiger partial charge in [0, 0.05) is 0 Å². The van der Waals surface area contributed by atoms with E-state index in [0.29, 0.717) is 11.7 Å². The van der Waals surface area contributed by atoms with E-state index in [-0.39, 0.29) is 17.1 Å². The fraction of sp³-hybridized carbons (Fsp3) is 0.167. The van der Waals surface area contributed by atoms with Crippen molar-refractivity contribution >= 4 is 41.3 Å². The maximum atomic E-state index is 5.48. The molecule has 0 unspecified atom stereocenters. The van der Waals surface area contributed by atoms with Gasteiger partial charge in [0.05, 0.1) is 0 Å². The predicted octanol–water partition coefficient (Wildman–Crippen LogP) is -2.14. The fourth-order valence-corrected chi connectivity index (χ4v) is 1.18. The quantitative estimate of drug-likeness (QED) is 0.276. The number of nitrogens with two attached hydrogens (primary N) is 2. The van der Waals surface area contributed by atoms with Crippen LogP contribution < -0.4 is 22.3 Å². The van der Waals surface area contributed by atoms with Crippen molar-refractivity contribution in [3.8, 4) is 0 Å². The molecule has 0 aromatic rings. The first-order valence-corrected chi connectivity index (χ1v) is 4.41. The Morgan fingerprint density at radius 2 is 2.27 bits per heavy atom. The van der Waals surface area contributed by atoms with E-state index in [1.165, 1.54) is 6.34 Å². The van der Waals surface area contributed by atoms with E-state index in [2.05, 4.69) is 43.0 Å². The van der Waals surface area contributed by atoms with Crippen LogP contribution in [-0.2, 0) is 0 Å². The predicted molar refractivity (Wildman–Crippen MR) is 61.8 cm³/mol. The molecule has 8 nitrogen and oxygen atoms in total. The third kappa shape index (κ3) is 1.91. The Morgan fingerprint density at radius 3 is 3.00 bits per heavy atom. The first-order chi connectivity index (χ1) is 7.16. The minimum atomic E-state index is -0.362. The summed E-state index contributed by atoms with van der Waals surface area (Å²) in [6, 6.07) is -0.362. The topological polar surface area (TPSA) is 126 Å². The molecule has 0 aromatic carbocycles. The Balaban J connectivity index is 2.16. The lowest BCUT2D eigenvalue weighted by molar-refractivity contribution is 0.836. The van der Waals surface area contributed by atoms with Crippen molar-refractivity contribution < 1.29 is 0 Å². The number of aliphatic imine (C=N–C) groups is 4. The molecule has 0 spiro atoms. The first-order valence-electron chi connectivity index (χ1n) is 4.00. The van der Waals surface area contributed by atoms with Crippen LogP contribution in [-0.4, -0.2) is 35.1 Å². The summed E-state index contributed by atoms with van der Waals surface area (Å²) in [5.41, 5.74) is 16.0. The molecule has 0 radical (unpaired) electrons. The zero-order valence-electron chi connectivity index (χ0n) is 7.51. The third-order valence-electron chi connectivity index (χ3n) is 1.69. The summed E-state index contributed by atoms with van der Waals surface area (Å²) >= 11 is 4.63. The SMILES string of the molecule is NC(=S)NNC1=NC(N)=NC2=NC=N[C@@H]21. The van der Waals surface area contributed by atoms with Crippen molar-refractivity contribution in [1.29, 1.82) is 0 Å². The molecule has 2 rings (SSSR count). The summed E-state index contributed by atoms with van der Waals surface area (Å²) in [5.74, 6) is 1.07. The van der Waals surface area contributed by atoms with E-state index in [0.717, 1.165) is 0 Å². The minimum absolute atomic E-state index is 0.0965. The lowest BCUT2D eigenvalue weighted by Crippen LogP contribution is -2.51. The van der Waals surface area contributed by atoms with Gasteiger partial charge in [-0.25, -0.2) is 4.99 Å². The van der Waals surface area contributed by atoms with Crippen LogP contribution in [0.5, 0.6) is 0 Å². The van der Waals surface area contributed by atoms with Gasteiger partial charge in [-0.15, -0.1) is 0 Å². The van der Waals surface area contributed by atoms with Gasteiger partial charge in [-0.2, -0.15) is 9.98 Å². The number of hydrogen-bond acceptors (Lipinski definition) is 7. The molecule has 0 saturated carbocycles. The number of guanidine groups is 1. The number of fused-ring (bicyclic) bond motifs is 1. The van der Waals surface area contributed by atoms with Crippen LogP contribution >= 0.6 is 12.2 Å². The van der Waals surface area contributed by atoms with Gasteiger partial charge in [0.1, 0.15) is 6.34 Å². The van der Waals surface area contributed by atoms with Crippen LogP contribution in [0.2, 0.25) is 0 Å². The van der Waals surface area contributed by atoms with Gasteiger partial charge in [-0.3, -0.25) is 15.8 Å². The number of nitrogens with one attached hydrogen (secondary N) is 2. The second-order valence-electron chi connectivity index (χ2n) is 2.74. The van der Waals surface area contributed by atoms with Gasteiger partial charge >= 0.3 is 0 Å². The van der Waals surface area contributed by atoms with Crippen LogP contribution in [0.4, 0.5) is 0 Å². The zero-order chi connectivity index (χ0) is 10.8. The zero-order valence-corrected chi connectivity index (χ0v) is 8.32. The van der Waals surface area contributed by atoms with Crippen molar-refractivity contribution in [3.63, 3.8) is 0 Å². The van der Waals surface area contributed by atoms with Crippen LogP contribution in [0.15, 0.2) is 20.0 Å². The molecular formula is C6H8N8S. The fourth-order valence-electron chi connectivity index (χ4n) is 1.13. The number of nitrogens with zero attached hydrogens (tertiary/aromatic N) is 4. The summed E-state index contributed by atoms with van der Waals surface area (Å²) in [7, 11) is 0. The Kier molecular flexibility index (Phi) is 2.29. The molecule has 6 N–H and O–H groups in total. The average Bonchev–Trinajstić information content (AvgIpc) is 2.61. The Labute approximate surface area is 90.2 Å². The van der Waals surface area contributed by atoms with Crippen molar-refractivity contribution in [2.24, 2.45) is 31.4 Å². The second-order valence-corrected chi connectivity index (χ2v) is 3.18. The smallest absolute Gasteiger partial charge is 0.223 e. The number of hydrazine groups is 1. The van der Waals surface area contributed by atoms with E-state index in [1.54, 1.807) is 0 Å². The molecular weight excluding hydrogens is 216 g/mol. The van der Waals surface area contributed by atoms with Crippen molar-refractivity contribution in [1.82, 2.24) is 10.9 Å². The molecule has 0 bridgehead atoms. The summed E-state index contributed by atoms with van der Waals surface area (Å²) in [6.07, 6.45) is 1.40. The second kappa shape index (κ2) is 3.61. The van der Waals surface area contributed by atoms with E-state index >= 15 is 0 Å². The lowest BCUT2D eigenvalue weighted by atomic mass is 10.2. The summed E-state index contributed by atoms with van der Waals surface area (Å²) in [5, 5.41) is 0.0965. The molecule has 2 aliphatic rings. The number of amidine groups is 2. The van der Waals surface area contributed by atoms with Gasteiger partial charge in [-0.05, 0) is 12.2 Å². The standard InChI is InChI=1S/C6H8N8S/c7-5-11-3-2(9-1-10-3)4(12-5)13-14-6(8)15/h1-2H,(H3,8,14,15)(H3,7,9,10,11,12,13)/t2-/m0/s1. The van der Waals surface area contributed by atoms with Gasteiger partial charge in [-0.1, -0.05) is 0 Å². The molecule has 15 heavy (non-hydrogen) atoms. The molecule has 0 amide bonds. The number of rotatable bonds is 0. The maximum absolute atomic E-state index is 5.48. The van der Waals surface area contributed by atoms with Crippen LogP contribution in [0, 0.1) is 0 Å². The highest BCUT2D eigenvalue weighted by atomic mass is 32.1. The highest BCUT2D eigenvalue weighted by molar-refractivity contribution is 7.80. The molecule has 78 valence electrons. The average molecular weight is 224 g/mol. The summed E-state index contributed by atoms with van der Waals surface area (Å²) in [4.78, 5) is 15.9. The van der Waals surface area contributed by atoms with E-state index in [9.17, 15) is 0 Å². The van der Waals surface area contributed by atoms with Crippen molar-refractivity contribution in [2.45, 2.75) is 6.04 Å². The Hall–Kier alpha value is -2.03. The van der Waals surface area contributed by atoms with Crippen LogP contribution in [0.25, 0.3) is 0 Å². The van der Waals surface area contributed by atoms with Gasteiger partial charge in [0.15, 0.2) is 22.8 Å².